The van der Waals surface area contributed by atoms with Gasteiger partial charge >= 0.3 is 5.97 Å². The molecule has 0 aliphatic heterocycles. The summed E-state index contributed by atoms with van der Waals surface area (Å²) in [6.45, 7) is 1.82. The van der Waals surface area contributed by atoms with Crippen molar-refractivity contribution in [2.75, 3.05) is 6.61 Å². The van der Waals surface area contributed by atoms with Crippen LogP contribution in [0.1, 0.15) is 23.7 Å². The molecule has 0 fully saturated rings. The summed E-state index contributed by atoms with van der Waals surface area (Å²) in [7, 11) is 0. The Kier molecular flexibility index (Phi) is 6.85. The second-order valence-corrected chi connectivity index (χ2v) is 4.42. The number of primary amides is 1. The van der Waals surface area contributed by atoms with Crippen LogP contribution in [0.3, 0.4) is 0 Å². The number of nitrogens with one attached hydrogen (secondary N) is 1. The lowest BCUT2D eigenvalue weighted by molar-refractivity contribution is -0.137. The molecule has 1 aromatic carbocycles. The predicted octanol–water partition coefficient (Wildman–Crippen LogP) is 1.06. The normalized spacial score (nSPS) is 12.0. The molecule has 0 heterocycles. The molecule has 0 radical (unpaired) electrons. The molecule has 6 nitrogen and oxygen atoms in total. The summed E-state index contributed by atoms with van der Waals surface area (Å²) in [5.74, 6) is -5.00. The largest absolute Gasteiger partial charge is 0.463 e. The van der Waals surface area contributed by atoms with E-state index in [0.29, 0.717) is 0 Å². The van der Waals surface area contributed by atoms with Gasteiger partial charge in [-0.2, -0.15) is 0 Å². The highest BCUT2D eigenvalue weighted by Crippen LogP contribution is 2.11. The minimum Gasteiger partial charge on any atom is -0.463 e. The molecule has 0 aliphatic carbocycles. The van der Waals surface area contributed by atoms with E-state index in [1.165, 1.54) is 6.08 Å². The number of halogens is 2. The van der Waals surface area contributed by atoms with Crippen molar-refractivity contribution in [1.29, 1.82) is 0 Å². The van der Waals surface area contributed by atoms with Gasteiger partial charge in [-0.3, -0.25) is 9.59 Å². The van der Waals surface area contributed by atoms with Gasteiger partial charge in [-0.05, 0) is 25.5 Å². The standard InChI is InChI=1S/C15H16F2N2O4/c1-2-23-12(20)8-4-7-11(14(18)21)19-15(22)9-5-3-6-10(16)13(9)17/h3-6,8,11H,2,7H2,1H3,(H2,18,21)(H,19,22)/b8-4+/t11-/m1/s1. The maximum atomic E-state index is 13.5. The van der Waals surface area contributed by atoms with Crippen LogP contribution >= 0.6 is 0 Å². The van der Waals surface area contributed by atoms with Crippen molar-refractivity contribution in [2.45, 2.75) is 19.4 Å². The SMILES string of the molecule is CCOC(=O)/C=C/C[C@@H](NC(=O)c1cccc(F)c1F)C(N)=O. The van der Waals surface area contributed by atoms with Gasteiger partial charge in [-0.1, -0.05) is 12.1 Å². The average molecular weight is 326 g/mol. The van der Waals surface area contributed by atoms with Gasteiger partial charge in [0.25, 0.3) is 5.91 Å². The van der Waals surface area contributed by atoms with Crippen LogP contribution in [0, 0.1) is 11.6 Å². The van der Waals surface area contributed by atoms with Crippen LogP contribution in [0.4, 0.5) is 8.78 Å². The minimum absolute atomic E-state index is 0.100. The highest BCUT2D eigenvalue weighted by atomic mass is 19.2. The molecule has 0 aromatic heterocycles. The number of ether oxygens (including phenoxy) is 1. The summed E-state index contributed by atoms with van der Waals surface area (Å²) in [6.07, 6.45) is 2.26. The smallest absolute Gasteiger partial charge is 0.330 e. The van der Waals surface area contributed by atoms with E-state index in [9.17, 15) is 23.2 Å². The molecule has 0 bridgehead atoms. The van der Waals surface area contributed by atoms with Crippen LogP contribution in [0.15, 0.2) is 30.4 Å². The Morgan fingerprint density at radius 1 is 1.35 bits per heavy atom. The van der Waals surface area contributed by atoms with Gasteiger partial charge in [0.1, 0.15) is 6.04 Å². The second kappa shape index (κ2) is 8.62. The van der Waals surface area contributed by atoms with Crippen molar-refractivity contribution in [1.82, 2.24) is 5.32 Å². The molecule has 8 heteroatoms. The van der Waals surface area contributed by atoms with Crippen LogP contribution in [-0.4, -0.2) is 30.4 Å². The van der Waals surface area contributed by atoms with Crippen molar-refractivity contribution >= 4 is 17.8 Å². The van der Waals surface area contributed by atoms with E-state index in [1.807, 2.05) is 0 Å². The third kappa shape index (κ3) is 5.50. The predicted molar refractivity (Wildman–Crippen MR) is 77.2 cm³/mol. The number of esters is 1. The van der Waals surface area contributed by atoms with Gasteiger partial charge in [-0.25, -0.2) is 13.6 Å². The number of benzene rings is 1. The Hall–Kier alpha value is -2.77. The Morgan fingerprint density at radius 3 is 2.65 bits per heavy atom. The lowest BCUT2D eigenvalue weighted by Crippen LogP contribution is -2.44. The van der Waals surface area contributed by atoms with Crippen molar-refractivity contribution in [3.8, 4) is 0 Å². The van der Waals surface area contributed by atoms with Crippen molar-refractivity contribution < 1.29 is 27.9 Å². The molecule has 0 saturated heterocycles. The quantitative estimate of drug-likeness (QED) is 0.578. The molecule has 0 spiro atoms. The van der Waals surface area contributed by atoms with Crippen LogP contribution in [-0.2, 0) is 14.3 Å². The fourth-order valence-electron chi connectivity index (χ4n) is 1.65. The Morgan fingerprint density at radius 2 is 2.04 bits per heavy atom. The summed E-state index contributed by atoms with van der Waals surface area (Å²) >= 11 is 0. The molecule has 0 aliphatic rings. The first-order valence-corrected chi connectivity index (χ1v) is 6.74. The topological polar surface area (TPSA) is 98.5 Å². The van der Waals surface area contributed by atoms with E-state index < -0.39 is 41.0 Å². The zero-order chi connectivity index (χ0) is 17.4. The summed E-state index contributed by atoms with van der Waals surface area (Å²) in [5, 5.41) is 2.18. The highest BCUT2D eigenvalue weighted by molar-refractivity contribution is 5.97. The number of hydrogen-bond acceptors (Lipinski definition) is 4. The molecule has 1 rings (SSSR count). The van der Waals surface area contributed by atoms with E-state index in [4.69, 9.17) is 5.73 Å². The van der Waals surface area contributed by atoms with Gasteiger partial charge in [0.05, 0.1) is 12.2 Å². The van der Waals surface area contributed by atoms with Crippen molar-refractivity contribution in [3.05, 3.63) is 47.5 Å². The molecule has 1 atom stereocenters. The van der Waals surface area contributed by atoms with E-state index in [-0.39, 0.29) is 13.0 Å². The molecular weight excluding hydrogens is 310 g/mol. The number of nitrogens with two attached hydrogens (primary N) is 1. The van der Waals surface area contributed by atoms with Crippen LogP contribution in [0.5, 0.6) is 0 Å². The number of carbonyl (C=O) groups excluding carboxylic acids is 3. The number of rotatable bonds is 7. The van der Waals surface area contributed by atoms with Gasteiger partial charge < -0.3 is 15.8 Å². The maximum absolute atomic E-state index is 13.5. The molecule has 124 valence electrons. The molecular formula is C15H16F2N2O4. The fraction of sp³-hybridized carbons (Fsp3) is 0.267. The Bertz CT molecular complexity index is 632. The summed E-state index contributed by atoms with van der Waals surface area (Å²) < 4.78 is 31.3. The third-order valence-corrected chi connectivity index (χ3v) is 2.76. The maximum Gasteiger partial charge on any atom is 0.330 e. The third-order valence-electron chi connectivity index (χ3n) is 2.76. The summed E-state index contributed by atoms with van der Waals surface area (Å²) in [5.41, 5.74) is 4.58. The zero-order valence-corrected chi connectivity index (χ0v) is 12.3. The van der Waals surface area contributed by atoms with E-state index in [2.05, 4.69) is 10.1 Å². The lowest BCUT2D eigenvalue weighted by atomic mass is 10.1. The number of amides is 2. The van der Waals surface area contributed by atoms with Gasteiger partial charge in [-0.15, -0.1) is 0 Å². The molecule has 2 amide bonds. The van der Waals surface area contributed by atoms with Gasteiger partial charge in [0.2, 0.25) is 5.91 Å². The minimum atomic E-state index is -1.32. The van der Waals surface area contributed by atoms with Gasteiger partial charge in [0, 0.05) is 6.08 Å². The summed E-state index contributed by atoms with van der Waals surface area (Å²) in [6, 6.07) is 1.91. The molecule has 3 N–H and O–H groups in total. The Balaban J connectivity index is 2.76. The van der Waals surface area contributed by atoms with Crippen LogP contribution < -0.4 is 11.1 Å². The average Bonchev–Trinajstić information content (AvgIpc) is 2.49. The molecule has 0 saturated carbocycles. The lowest BCUT2D eigenvalue weighted by Gasteiger charge is -2.14. The van der Waals surface area contributed by atoms with E-state index in [0.717, 1.165) is 24.3 Å². The monoisotopic (exact) mass is 326 g/mol. The molecule has 1 aromatic rings. The second-order valence-electron chi connectivity index (χ2n) is 4.42. The summed E-state index contributed by atoms with van der Waals surface area (Å²) in [4.78, 5) is 34.3. The van der Waals surface area contributed by atoms with Crippen molar-refractivity contribution in [2.24, 2.45) is 5.73 Å². The number of carbonyl (C=O) groups is 3. The molecule has 0 unspecified atom stereocenters. The van der Waals surface area contributed by atoms with Crippen molar-refractivity contribution in [3.63, 3.8) is 0 Å². The first-order valence-electron chi connectivity index (χ1n) is 6.74. The van der Waals surface area contributed by atoms with E-state index >= 15 is 0 Å². The fourth-order valence-corrected chi connectivity index (χ4v) is 1.65. The Labute approximate surface area is 131 Å². The first-order chi connectivity index (χ1) is 10.9. The number of hydrogen-bond donors (Lipinski definition) is 2. The first kappa shape index (κ1) is 18.3. The van der Waals surface area contributed by atoms with E-state index in [1.54, 1.807) is 6.92 Å². The van der Waals surface area contributed by atoms with Crippen LogP contribution in [0.2, 0.25) is 0 Å². The van der Waals surface area contributed by atoms with Crippen LogP contribution in [0.25, 0.3) is 0 Å². The highest BCUT2D eigenvalue weighted by Gasteiger charge is 2.21. The molecule has 23 heavy (non-hydrogen) atoms. The zero-order valence-electron chi connectivity index (χ0n) is 12.3. The van der Waals surface area contributed by atoms with Gasteiger partial charge in [0.15, 0.2) is 11.6 Å².